The van der Waals surface area contributed by atoms with Gasteiger partial charge in [-0.1, -0.05) is 12.1 Å². The molecule has 0 atom stereocenters. The van der Waals surface area contributed by atoms with Gasteiger partial charge in [0.25, 0.3) is 0 Å². The van der Waals surface area contributed by atoms with Crippen LogP contribution in [0.1, 0.15) is 24.0 Å². The fourth-order valence-corrected chi connectivity index (χ4v) is 5.46. The van der Waals surface area contributed by atoms with E-state index < -0.39 is 0 Å². The Morgan fingerprint density at radius 2 is 1.92 bits per heavy atom. The van der Waals surface area contributed by atoms with Crippen molar-refractivity contribution in [2.45, 2.75) is 25.8 Å². The highest BCUT2D eigenvalue weighted by Crippen LogP contribution is 2.39. The highest BCUT2D eigenvalue weighted by atomic mass is 32.1. The third-order valence-corrected chi connectivity index (χ3v) is 7.53. The van der Waals surface area contributed by atoms with Crippen molar-refractivity contribution >= 4 is 27.3 Å². The van der Waals surface area contributed by atoms with E-state index in [0.717, 1.165) is 40.9 Å². The van der Waals surface area contributed by atoms with Crippen LogP contribution in [-0.2, 0) is 22.5 Å². The molecule has 0 saturated carbocycles. The molecule has 1 N–H and O–H groups in total. The maximum Gasteiger partial charge on any atom is 0.222 e. The number of benzene rings is 2. The first-order chi connectivity index (χ1) is 18.5. The third-order valence-electron chi connectivity index (χ3n) is 6.61. The Bertz CT molecular complexity index is 1440. The molecule has 2 aromatic heterocycles. The molecule has 198 valence electrons. The molecule has 0 spiro atoms. The normalized spacial score (nSPS) is 12.9. The van der Waals surface area contributed by atoms with Gasteiger partial charge in [-0.15, -0.1) is 21.5 Å². The number of thiophene rings is 1. The van der Waals surface area contributed by atoms with Crippen molar-refractivity contribution in [3.63, 3.8) is 0 Å². The SMILES string of the molecule is CN(C)C(=O)CCCOCCOc1cc(F)ccc1-c1nnc(-c2ccc3c(c2)CCNC3)c2ccsc12. The lowest BCUT2D eigenvalue weighted by Crippen LogP contribution is -2.23. The molecule has 2 aromatic carbocycles. The first kappa shape index (κ1) is 26.2. The van der Waals surface area contributed by atoms with Gasteiger partial charge in [-0.25, -0.2) is 4.39 Å². The van der Waals surface area contributed by atoms with Gasteiger partial charge in [-0.2, -0.15) is 0 Å². The molecule has 0 unspecified atom stereocenters. The van der Waals surface area contributed by atoms with Crippen molar-refractivity contribution in [2.24, 2.45) is 0 Å². The second-order valence-corrected chi connectivity index (χ2v) is 10.4. The van der Waals surface area contributed by atoms with Crippen molar-refractivity contribution in [3.8, 4) is 28.3 Å². The molecule has 0 saturated heterocycles. The van der Waals surface area contributed by atoms with Crippen LogP contribution >= 0.6 is 11.3 Å². The maximum absolute atomic E-state index is 14.2. The van der Waals surface area contributed by atoms with E-state index >= 15 is 0 Å². The number of carbonyl (C=O) groups is 1. The van der Waals surface area contributed by atoms with Gasteiger partial charge in [-0.3, -0.25) is 4.79 Å². The van der Waals surface area contributed by atoms with Gasteiger partial charge in [0.15, 0.2) is 0 Å². The van der Waals surface area contributed by atoms with Gasteiger partial charge < -0.3 is 19.7 Å². The zero-order valence-corrected chi connectivity index (χ0v) is 22.4. The van der Waals surface area contributed by atoms with Crippen molar-refractivity contribution in [2.75, 3.05) is 40.5 Å². The zero-order chi connectivity index (χ0) is 26.5. The second kappa shape index (κ2) is 12.0. The number of hydrogen-bond acceptors (Lipinski definition) is 7. The summed E-state index contributed by atoms with van der Waals surface area (Å²) >= 11 is 1.58. The van der Waals surface area contributed by atoms with Crippen molar-refractivity contribution in [3.05, 3.63) is 64.8 Å². The van der Waals surface area contributed by atoms with E-state index in [9.17, 15) is 9.18 Å². The van der Waals surface area contributed by atoms with E-state index in [-0.39, 0.29) is 18.3 Å². The van der Waals surface area contributed by atoms with Crippen LogP contribution in [0.2, 0.25) is 0 Å². The smallest absolute Gasteiger partial charge is 0.222 e. The first-order valence-electron chi connectivity index (χ1n) is 12.8. The van der Waals surface area contributed by atoms with Gasteiger partial charge in [0.1, 0.15) is 29.6 Å². The fourth-order valence-electron chi connectivity index (χ4n) is 4.57. The summed E-state index contributed by atoms with van der Waals surface area (Å²) in [4.78, 5) is 13.2. The first-order valence-corrected chi connectivity index (χ1v) is 13.7. The lowest BCUT2D eigenvalue weighted by molar-refractivity contribution is -0.129. The number of aromatic nitrogens is 2. The van der Waals surface area contributed by atoms with Crippen molar-refractivity contribution < 1.29 is 18.7 Å². The third kappa shape index (κ3) is 5.85. The number of nitrogens with one attached hydrogen (secondary N) is 1. The summed E-state index contributed by atoms with van der Waals surface area (Å²) < 4.78 is 26.7. The number of hydrogen-bond donors (Lipinski definition) is 1. The molecule has 0 aliphatic carbocycles. The Morgan fingerprint density at radius 3 is 2.79 bits per heavy atom. The average Bonchev–Trinajstić information content (AvgIpc) is 3.42. The van der Waals surface area contributed by atoms with Crippen molar-refractivity contribution in [1.82, 2.24) is 20.4 Å². The molecule has 7 nitrogen and oxygen atoms in total. The minimum Gasteiger partial charge on any atom is -0.490 e. The molecule has 9 heteroatoms. The number of fused-ring (bicyclic) bond motifs is 2. The molecule has 1 aliphatic heterocycles. The molecule has 3 heterocycles. The van der Waals surface area contributed by atoms with Gasteiger partial charge in [0.2, 0.25) is 5.91 Å². The lowest BCUT2D eigenvalue weighted by Gasteiger charge is -2.18. The topological polar surface area (TPSA) is 76.6 Å². The largest absolute Gasteiger partial charge is 0.490 e. The zero-order valence-electron chi connectivity index (χ0n) is 21.6. The Morgan fingerprint density at radius 1 is 1.05 bits per heavy atom. The summed E-state index contributed by atoms with van der Waals surface area (Å²) in [6, 6.07) is 13.0. The molecule has 1 aliphatic rings. The van der Waals surface area contributed by atoms with Crippen LogP contribution in [-0.4, -0.2) is 61.5 Å². The van der Waals surface area contributed by atoms with Gasteiger partial charge in [0, 0.05) is 56.2 Å². The summed E-state index contributed by atoms with van der Waals surface area (Å²) in [6.07, 6.45) is 2.08. The standard InChI is InChI=1S/C29H31FN4O3S/c1-34(2)26(35)4-3-12-36-13-14-37-25-17-22(30)7-8-23(25)28-29-24(10-15-38-29)27(32-33-28)20-5-6-21-18-31-11-9-19(21)16-20/h5-8,10,15-17,31H,3-4,9,11-14,18H2,1-2H3. The number of amides is 1. The minimum absolute atomic E-state index is 0.0743. The van der Waals surface area contributed by atoms with Crippen LogP contribution in [0, 0.1) is 5.82 Å². The molecule has 1 amide bonds. The van der Waals surface area contributed by atoms with E-state index in [1.165, 1.54) is 23.3 Å². The highest BCUT2D eigenvalue weighted by molar-refractivity contribution is 7.17. The van der Waals surface area contributed by atoms with Crippen LogP contribution in [0.4, 0.5) is 4.39 Å². The van der Waals surface area contributed by atoms with Gasteiger partial charge in [-0.05, 0) is 60.2 Å². The van der Waals surface area contributed by atoms with E-state index in [4.69, 9.17) is 9.47 Å². The number of carbonyl (C=O) groups excluding carboxylic acids is 1. The number of halogens is 1. The molecule has 38 heavy (non-hydrogen) atoms. The quantitative estimate of drug-likeness (QED) is 0.286. The predicted octanol–water partition coefficient (Wildman–Crippen LogP) is 5.07. The van der Waals surface area contributed by atoms with Gasteiger partial charge in [0.05, 0.1) is 11.3 Å². The Labute approximate surface area is 225 Å². The fraction of sp³-hybridized carbons (Fsp3) is 0.345. The number of rotatable bonds is 10. The Hall–Kier alpha value is -3.40. The molecule has 0 fully saturated rings. The van der Waals surface area contributed by atoms with Crippen LogP contribution in [0.15, 0.2) is 47.8 Å². The number of nitrogens with zero attached hydrogens (tertiary/aromatic N) is 3. The molecule has 5 rings (SSSR count). The van der Waals surface area contributed by atoms with Crippen LogP contribution in [0.25, 0.3) is 32.6 Å². The minimum atomic E-state index is -0.387. The molecule has 0 bridgehead atoms. The van der Waals surface area contributed by atoms with Gasteiger partial charge >= 0.3 is 0 Å². The van der Waals surface area contributed by atoms with E-state index in [0.29, 0.717) is 43.1 Å². The lowest BCUT2D eigenvalue weighted by atomic mass is 9.96. The molecular weight excluding hydrogens is 503 g/mol. The summed E-state index contributed by atoms with van der Waals surface area (Å²) in [5.74, 6) is 0.0852. The highest BCUT2D eigenvalue weighted by Gasteiger charge is 2.19. The molecular formula is C29H31FN4O3S. The monoisotopic (exact) mass is 534 g/mol. The average molecular weight is 535 g/mol. The summed E-state index contributed by atoms with van der Waals surface area (Å²) in [5.41, 5.74) is 5.91. The summed E-state index contributed by atoms with van der Waals surface area (Å²) in [5, 5.41) is 15.7. The second-order valence-electron chi connectivity index (χ2n) is 9.46. The van der Waals surface area contributed by atoms with E-state index in [1.807, 2.05) is 5.38 Å². The van der Waals surface area contributed by atoms with Crippen LogP contribution in [0.5, 0.6) is 5.75 Å². The van der Waals surface area contributed by atoms with Crippen LogP contribution in [0.3, 0.4) is 0 Å². The molecule has 4 aromatic rings. The van der Waals surface area contributed by atoms with E-state index in [2.05, 4.69) is 39.8 Å². The molecule has 0 radical (unpaired) electrons. The van der Waals surface area contributed by atoms with Crippen LogP contribution < -0.4 is 10.1 Å². The van der Waals surface area contributed by atoms with E-state index in [1.54, 1.807) is 36.4 Å². The predicted molar refractivity (Wildman–Crippen MR) is 148 cm³/mol. The number of ether oxygens (including phenoxy) is 2. The summed E-state index contributed by atoms with van der Waals surface area (Å²) in [6.45, 7) is 2.91. The summed E-state index contributed by atoms with van der Waals surface area (Å²) in [7, 11) is 3.48. The Balaban J connectivity index is 1.32. The Kier molecular flexibility index (Phi) is 8.26. The maximum atomic E-state index is 14.2. The van der Waals surface area contributed by atoms with Crippen molar-refractivity contribution in [1.29, 1.82) is 0 Å².